The van der Waals surface area contributed by atoms with Crippen molar-refractivity contribution in [3.8, 4) is 0 Å². The first kappa shape index (κ1) is 13.8. The van der Waals surface area contributed by atoms with E-state index in [2.05, 4.69) is 28.5 Å². The first-order chi connectivity index (χ1) is 10.1. The monoisotopic (exact) mass is 300 g/mol. The van der Waals surface area contributed by atoms with E-state index in [9.17, 15) is 10.1 Å². The second-order valence-electron chi connectivity index (χ2n) is 5.13. The second-order valence-corrected chi connectivity index (χ2v) is 6.08. The molecule has 0 fully saturated rings. The van der Waals surface area contributed by atoms with Gasteiger partial charge in [-0.05, 0) is 42.5 Å². The Kier molecular flexibility index (Phi) is 3.75. The van der Waals surface area contributed by atoms with E-state index in [4.69, 9.17) is 0 Å². The van der Waals surface area contributed by atoms with Gasteiger partial charge in [0, 0.05) is 35.3 Å². The third kappa shape index (κ3) is 2.83. The Bertz CT molecular complexity index is 692. The lowest BCUT2D eigenvalue weighted by Gasteiger charge is -2.28. The predicted octanol–water partition coefficient (Wildman–Crippen LogP) is 4.26. The molecule has 0 bridgehead atoms. The van der Waals surface area contributed by atoms with E-state index in [1.807, 2.05) is 12.1 Å². The highest BCUT2D eigenvalue weighted by atomic mass is 32.1. The molecule has 0 saturated heterocycles. The van der Waals surface area contributed by atoms with Crippen LogP contribution in [0.1, 0.15) is 16.9 Å². The van der Waals surface area contributed by atoms with Crippen LogP contribution in [0.2, 0.25) is 0 Å². The fraction of sp³-hybridized carbons (Fsp3) is 0.250. The lowest BCUT2D eigenvalue weighted by Crippen LogP contribution is -2.28. The zero-order valence-electron chi connectivity index (χ0n) is 11.8. The lowest BCUT2D eigenvalue weighted by molar-refractivity contribution is -0.385. The summed E-state index contributed by atoms with van der Waals surface area (Å²) in [5, 5.41) is 13.0. The Morgan fingerprint density at radius 2 is 2.19 bits per heavy atom. The molecular formula is C16H16N2O2S. The van der Waals surface area contributed by atoms with Crippen molar-refractivity contribution in [2.24, 2.45) is 0 Å². The summed E-state index contributed by atoms with van der Waals surface area (Å²) in [5.74, 6) is 0. The quantitative estimate of drug-likeness (QED) is 0.628. The highest BCUT2D eigenvalue weighted by molar-refractivity contribution is 7.11. The van der Waals surface area contributed by atoms with Crippen molar-refractivity contribution in [3.63, 3.8) is 0 Å². The summed E-state index contributed by atoms with van der Waals surface area (Å²) in [6, 6.07) is 9.58. The number of nitrogens with zero attached hydrogens (tertiary/aromatic N) is 2. The van der Waals surface area contributed by atoms with Gasteiger partial charge in [-0.3, -0.25) is 10.1 Å². The van der Waals surface area contributed by atoms with Crippen LogP contribution in [0, 0.1) is 17.0 Å². The normalized spacial score (nSPS) is 14.9. The van der Waals surface area contributed by atoms with Gasteiger partial charge in [0.1, 0.15) is 0 Å². The number of nitro groups is 1. The summed E-state index contributed by atoms with van der Waals surface area (Å²) >= 11 is 1.77. The van der Waals surface area contributed by atoms with Crippen molar-refractivity contribution in [1.29, 1.82) is 0 Å². The van der Waals surface area contributed by atoms with E-state index < -0.39 is 0 Å². The number of benzene rings is 1. The van der Waals surface area contributed by atoms with Crippen LogP contribution in [0.25, 0.3) is 5.57 Å². The van der Waals surface area contributed by atoms with E-state index in [1.165, 1.54) is 10.5 Å². The Morgan fingerprint density at radius 3 is 2.76 bits per heavy atom. The molecule has 1 aliphatic rings. The van der Waals surface area contributed by atoms with Crippen LogP contribution in [0.15, 0.2) is 41.8 Å². The minimum absolute atomic E-state index is 0.186. The topological polar surface area (TPSA) is 46.4 Å². The minimum atomic E-state index is -0.329. The van der Waals surface area contributed by atoms with Gasteiger partial charge in [0.05, 0.1) is 4.92 Å². The van der Waals surface area contributed by atoms with Crippen molar-refractivity contribution in [2.75, 3.05) is 18.0 Å². The third-order valence-electron chi connectivity index (χ3n) is 3.79. The first-order valence-corrected chi connectivity index (χ1v) is 7.76. The predicted molar refractivity (Wildman–Crippen MR) is 87.0 cm³/mol. The summed E-state index contributed by atoms with van der Waals surface area (Å²) in [7, 11) is 0. The highest BCUT2D eigenvalue weighted by Crippen LogP contribution is 2.30. The lowest BCUT2D eigenvalue weighted by atomic mass is 10.1. The molecule has 21 heavy (non-hydrogen) atoms. The Labute approximate surface area is 127 Å². The molecule has 1 aromatic heterocycles. The molecule has 4 nitrogen and oxygen atoms in total. The molecule has 0 amide bonds. The average Bonchev–Trinajstić information content (AvgIpc) is 3.01. The smallest absolute Gasteiger partial charge is 0.272 e. The Hall–Kier alpha value is -2.14. The van der Waals surface area contributed by atoms with Gasteiger partial charge in [-0.1, -0.05) is 12.1 Å². The molecule has 0 radical (unpaired) electrons. The minimum Gasteiger partial charge on any atom is -0.367 e. The average molecular weight is 300 g/mol. The number of thiophene rings is 1. The molecule has 2 heterocycles. The van der Waals surface area contributed by atoms with Crippen molar-refractivity contribution < 1.29 is 4.92 Å². The number of rotatable bonds is 3. The third-order valence-corrected chi connectivity index (χ3v) is 4.73. The standard InChI is InChI=1S/C16H16N2O2S/c1-12-11-14(4-5-15(12)18(19)20)17-8-6-13(7-9-17)16-3-2-10-21-16/h2-6,10-11H,7-9H2,1H3. The molecule has 0 saturated carbocycles. The maximum absolute atomic E-state index is 10.9. The Morgan fingerprint density at radius 1 is 1.33 bits per heavy atom. The van der Waals surface area contributed by atoms with Crippen LogP contribution in [-0.4, -0.2) is 18.0 Å². The van der Waals surface area contributed by atoms with E-state index in [1.54, 1.807) is 24.3 Å². The fourth-order valence-corrected chi connectivity index (χ4v) is 3.43. The molecule has 0 unspecified atom stereocenters. The molecular weight excluding hydrogens is 284 g/mol. The SMILES string of the molecule is Cc1cc(N2CC=C(c3cccs3)CC2)ccc1[N+](=O)[O-]. The summed E-state index contributed by atoms with van der Waals surface area (Å²) < 4.78 is 0. The van der Waals surface area contributed by atoms with Crippen LogP contribution in [-0.2, 0) is 0 Å². The molecule has 5 heteroatoms. The van der Waals surface area contributed by atoms with E-state index in [0.717, 1.165) is 25.2 Å². The van der Waals surface area contributed by atoms with Crippen LogP contribution >= 0.6 is 11.3 Å². The van der Waals surface area contributed by atoms with Gasteiger partial charge < -0.3 is 4.90 Å². The maximum Gasteiger partial charge on any atom is 0.272 e. The van der Waals surface area contributed by atoms with Gasteiger partial charge in [-0.15, -0.1) is 11.3 Å². The van der Waals surface area contributed by atoms with Gasteiger partial charge in [0.25, 0.3) is 5.69 Å². The largest absolute Gasteiger partial charge is 0.367 e. The molecule has 108 valence electrons. The summed E-state index contributed by atoms with van der Waals surface area (Å²) in [5.41, 5.74) is 3.36. The Balaban J connectivity index is 1.78. The number of anilines is 1. The summed E-state index contributed by atoms with van der Waals surface area (Å²) in [6.07, 6.45) is 3.27. The van der Waals surface area contributed by atoms with Crippen molar-refractivity contribution in [1.82, 2.24) is 0 Å². The first-order valence-electron chi connectivity index (χ1n) is 6.88. The van der Waals surface area contributed by atoms with Crippen molar-refractivity contribution >= 4 is 28.3 Å². The van der Waals surface area contributed by atoms with Crippen LogP contribution < -0.4 is 4.90 Å². The molecule has 0 N–H and O–H groups in total. The second kappa shape index (κ2) is 5.69. The van der Waals surface area contributed by atoms with Gasteiger partial charge in [-0.25, -0.2) is 0 Å². The molecule has 0 atom stereocenters. The molecule has 3 rings (SSSR count). The van der Waals surface area contributed by atoms with Gasteiger partial charge in [0.2, 0.25) is 0 Å². The van der Waals surface area contributed by atoms with E-state index in [0.29, 0.717) is 5.56 Å². The van der Waals surface area contributed by atoms with Crippen molar-refractivity contribution in [2.45, 2.75) is 13.3 Å². The zero-order valence-corrected chi connectivity index (χ0v) is 12.6. The summed E-state index contributed by atoms with van der Waals surface area (Å²) in [6.45, 7) is 3.59. The fourth-order valence-electron chi connectivity index (χ4n) is 2.63. The van der Waals surface area contributed by atoms with Crippen LogP contribution in [0.4, 0.5) is 11.4 Å². The van der Waals surface area contributed by atoms with Crippen LogP contribution in [0.5, 0.6) is 0 Å². The number of nitro benzene ring substituents is 1. The number of aryl methyl sites for hydroxylation is 1. The molecule has 2 aromatic rings. The maximum atomic E-state index is 10.9. The van der Waals surface area contributed by atoms with Gasteiger partial charge in [0.15, 0.2) is 0 Å². The molecule has 1 aliphatic heterocycles. The summed E-state index contributed by atoms with van der Waals surface area (Å²) in [4.78, 5) is 14.1. The number of hydrogen-bond acceptors (Lipinski definition) is 4. The van der Waals surface area contributed by atoms with Gasteiger partial charge >= 0.3 is 0 Å². The highest BCUT2D eigenvalue weighted by Gasteiger charge is 2.16. The van der Waals surface area contributed by atoms with E-state index in [-0.39, 0.29) is 10.6 Å². The zero-order chi connectivity index (χ0) is 14.8. The molecule has 0 aliphatic carbocycles. The number of hydrogen-bond donors (Lipinski definition) is 0. The van der Waals surface area contributed by atoms with E-state index >= 15 is 0 Å². The van der Waals surface area contributed by atoms with Crippen molar-refractivity contribution in [3.05, 3.63) is 62.3 Å². The molecule has 0 spiro atoms. The molecule has 1 aromatic carbocycles. The van der Waals surface area contributed by atoms with Crippen LogP contribution in [0.3, 0.4) is 0 Å². The van der Waals surface area contributed by atoms with Gasteiger partial charge in [-0.2, -0.15) is 0 Å².